The normalized spacial score (nSPS) is 12.7. The molecule has 1 aliphatic heterocycles. The van der Waals surface area contributed by atoms with Crippen LogP contribution >= 0.6 is 0 Å². The summed E-state index contributed by atoms with van der Waals surface area (Å²) in [5.74, 6) is 0. The van der Waals surface area contributed by atoms with Crippen LogP contribution in [0.1, 0.15) is 0 Å². The van der Waals surface area contributed by atoms with Gasteiger partial charge in [0.05, 0.1) is 0 Å². The Morgan fingerprint density at radius 1 is 1.10 bits per heavy atom. The fourth-order valence-electron chi connectivity index (χ4n) is 0.563. The Morgan fingerprint density at radius 2 is 1.70 bits per heavy atom. The van der Waals surface area contributed by atoms with E-state index in [9.17, 15) is 0 Å². The summed E-state index contributed by atoms with van der Waals surface area (Å²) in [6.45, 7) is 1.05. The van der Waals surface area contributed by atoms with Gasteiger partial charge in [-0.05, 0) is 12.3 Å². The minimum atomic E-state index is 0. The second kappa shape index (κ2) is 10.5. The Bertz CT molecular complexity index is 112. The Kier molecular flexibility index (Phi) is 18.4. The lowest BCUT2D eigenvalue weighted by Crippen LogP contribution is -3.00. The summed E-state index contributed by atoms with van der Waals surface area (Å²) in [5.41, 5.74) is 0. The van der Waals surface area contributed by atoms with E-state index in [1.54, 1.807) is 0 Å². The Balaban J connectivity index is -0.000000163. The topological polar surface area (TPSA) is 3.24 Å². The molecule has 0 bridgehead atoms. The van der Waals surface area contributed by atoms with Gasteiger partial charge in [-0.15, -0.1) is 0 Å². The zero-order chi connectivity index (χ0) is 5.11. The first-order chi connectivity index (χ1) is 3.39. The highest BCUT2D eigenvalue weighted by atomic mass is 127. The zero-order valence-electron chi connectivity index (χ0n) is 5.60. The van der Waals surface area contributed by atoms with E-state index in [2.05, 4.69) is 30.3 Å². The molecule has 0 aliphatic carbocycles. The number of allylic oxidation sites excluding steroid dienone is 2. The maximum atomic E-state index is 2.12. The van der Waals surface area contributed by atoms with Crippen LogP contribution in [0.25, 0.3) is 0 Å². The Hall–Kier alpha value is 1.47. The number of nitrogens with zero attached hydrogens (tertiary/aromatic N) is 1. The zero-order valence-corrected chi connectivity index (χ0v) is 12.1. The average molecular weight is 476 g/mol. The summed E-state index contributed by atoms with van der Waals surface area (Å²) >= 11 is 0. The summed E-state index contributed by atoms with van der Waals surface area (Å²) < 4.78 is 0. The van der Waals surface area contributed by atoms with Crippen molar-refractivity contribution < 1.29 is 71.9 Å². The number of hydrogen-bond donors (Lipinski definition) is 0. The third-order valence-corrected chi connectivity index (χ3v) is 0.981. The van der Waals surface area contributed by atoms with Crippen LogP contribution in [0.3, 0.4) is 0 Å². The van der Waals surface area contributed by atoms with Crippen molar-refractivity contribution in [1.82, 2.24) is 4.90 Å². The summed E-state index contributed by atoms with van der Waals surface area (Å²) in [6.07, 6.45) is 8.27. The number of hydrogen-bond acceptors (Lipinski definition) is 1. The first kappa shape index (κ1) is 17.5. The fraction of sp³-hybridized carbons (Fsp3) is 0.333. The molecular weight excluding hydrogens is 467 g/mol. The second-order valence-electron chi connectivity index (χ2n) is 1.71. The number of halogens is 3. The van der Waals surface area contributed by atoms with Gasteiger partial charge in [-0.25, -0.2) is 0 Å². The molecule has 0 N–H and O–H groups in total. The van der Waals surface area contributed by atoms with Crippen molar-refractivity contribution >= 4 is 0 Å². The molecule has 1 heterocycles. The lowest BCUT2D eigenvalue weighted by molar-refractivity contribution is -0.00100. The van der Waals surface area contributed by atoms with Crippen LogP contribution in [0.5, 0.6) is 0 Å². The molecule has 0 unspecified atom stereocenters. The second-order valence-corrected chi connectivity index (χ2v) is 1.71. The molecule has 1 aliphatic rings. The third-order valence-electron chi connectivity index (χ3n) is 0.981. The first-order valence-corrected chi connectivity index (χ1v) is 2.43. The van der Waals surface area contributed by atoms with Crippen LogP contribution in [0.2, 0.25) is 0 Å². The van der Waals surface area contributed by atoms with Gasteiger partial charge in [-0.3, -0.25) is 0 Å². The van der Waals surface area contributed by atoms with Gasteiger partial charge in [0.2, 0.25) is 0 Å². The molecule has 0 saturated heterocycles. The van der Waals surface area contributed by atoms with Crippen molar-refractivity contribution in [2.24, 2.45) is 0 Å². The van der Waals surface area contributed by atoms with Crippen molar-refractivity contribution in [2.45, 2.75) is 0 Å². The van der Waals surface area contributed by atoms with Gasteiger partial charge in [0, 0.05) is 13.6 Å². The molecule has 10 heavy (non-hydrogen) atoms. The lowest BCUT2D eigenvalue weighted by Gasteiger charge is -2.11. The Morgan fingerprint density at radius 3 is 1.90 bits per heavy atom. The van der Waals surface area contributed by atoms with Gasteiger partial charge in [-0.1, -0.05) is 12.2 Å². The van der Waals surface area contributed by atoms with Crippen LogP contribution in [-0.4, -0.2) is 18.5 Å². The standard InChI is InChI=1S/C6H9N.3HI/c1-7-5-3-2-4-6-7;;;/h2-5H,6H2,1H3;3*1H/p-3. The molecule has 0 atom stereocenters. The third kappa shape index (κ3) is 7.58. The van der Waals surface area contributed by atoms with E-state index in [0.29, 0.717) is 0 Å². The van der Waals surface area contributed by atoms with Crippen molar-refractivity contribution in [1.29, 1.82) is 0 Å². The average Bonchev–Trinajstić information content (AvgIpc) is 1.69. The van der Waals surface area contributed by atoms with Gasteiger partial charge < -0.3 is 76.8 Å². The van der Waals surface area contributed by atoms with Gasteiger partial charge in [0.25, 0.3) is 0 Å². The number of likely N-dealkylation sites (N-methyl/N-ethyl adjacent to an activating group) is 1. The molecule has 1 nitrogen and oxygen atoms in total. The van der Waals surface area contributed by atoms with Crippen molar-refractivity contribution in [2.75, 3.05) is 13.6 Å². The molecule has 0 aromatic heterocycles. The lowest BCUT2D eigenvalue weighted by atomic mass is 10.4. The van der Waals surface area contributed by atoms with E-state index in [0.717, 1.165) is 6.54 Å². The van der Waals surface area contributed by atoms with Gasteiger partial charge in [-0.2, -0.15) is 0 Å². The summed E-state index contributed by atoms with van der Waals surface area (Å²) in [4.78, 5) is 2.12. The molecule has 0 amide bonds. The largest absolute Gasteiger partial charge is 1.00 e. The van der Waals surface area contributed by atoms with Crippen LogP contribution in [-0.2, 0) is 0 Å². The van der Waals surface area contributed by atoms with E-state index in [1.807, 2.05) is 6.08 Å². The maximum Gasteiger partial charge on any atom is 0.0353 e. The highest BCUT2D eigenvalue weighted by Gasteiger charge is 1.86. The van der Waals surface area contributed by atoms with Crippen LogP contribution in [0, 0.1) is 0 Å². The summed E-state index contributed by atoms with van der Waals surface area (Å²) in [7, 11) is 2.06. The molecule has 62 valence electrons. The minimum absolute atomic E-state index is 0. The quantitative estimate of drug-likeness (QED) is 0.315. The monoisotopic (exact) mass is 476 g/mol. The fourth-order valence-corrected chi connectivity index (χ4v) is 0.563. The SMILES string of the molecule is CN1C=CC=CC1.[I-].[I-].[I-]. The minimum Gasteiger partial charge on any atom is -1.00 e. The molecule has 4 heteroatoms. The van der Waals surface area contributed by atoms with E-state index >= 15 is 0 Å². The molecule has 0 aromatic carbocycles. The molecule has 0 spiro atoms. The smallest absolute Gasteiger partial charge is 0.0353 e. The summed E-state index contributed by atoms with van der Waals surface area (Å²) in [6, 6.07) is 0. The molecular formula is C6H9I3N-3. The van der Waals surface area contributed by atoms with Crippen LogP contribution in [0.4, 0.5) is 0 Å². The van der Waals surface area contributed by atoms with Crippen LogP contribution in [0.15, 0.2) is 24.4 Å². The van der Waals surface area contributed by atoms with Gasteiger partial charge >= 0.3 is 0 Å². The van der Waals surface area contributed by atoms with E-state index in [4.69, 9.17) is 0 Å². The molecule has 0 aromatic rings. The van der Waals surface area contributed by atoms with Gasteiger partial charge in [0.15, 0.2) is 0 Å². The summed E-state index contributed by atoms with van der Waals surface area (Å²) in [5, 5.41) is 0. The highest BCUT2D eigenvalue weighted by molar-refractivity contribution is 5.07. The molecule has 0 radical (unpaired) electrons. The predicted octanol–water partition coefficient (Wildman–Crippen LogP) is -7.99. The number of rotatable bonds is 0. The first-order valence-electron chi connectivity index (χ1n) is 2.43. The predicted molar refractivity (Wildman–Crippen MR) is 30.9 cm³/mol. The van der Waals surface area contributed by atoms with Crippen molar-refractivity contribution in [3.8, 4) is 0 Å². The van der Waals surface area contributed by atoms with Crippen molar-refractivity contribution in [3.05, 3.63) is 24.4 Å². The molecule has 0 saturated carbocycles. The van der Waals surface area contributed by atoms with Gasteiger partial charge in [0.1, 0.15) is 0 Å². The Labute approximate surface area is 113 Å². The van der Waals surface area contributed by atoms with E-state index < -0.39 is 0 Å². The van der Waals surface area contributed by atoms with Crippen LogP contribution < -0.4 is 71.9 Å². The molecule has 0 fully saturated rings. The highest BCUT2D eigenvalue weighted by Crippen LogP contribution is 1.91. The van der Waals surface area contributed by atoms with E-state index in [-0.39, 0.29) is 71.9 Å². The van der Waals surface area contributed by atoms with E-state index in [1.165, 1.54) is 0 Å². The van der Waals surface area contributed by atoms with Crippen molar-refractivity contribution in [3.63, 3.8) is 0 Å². The maximum absolute atomic E-state index is 2.12. The molecule has 1 rings (SSSR count).